The second-order valence-corrected chi connectivity index (χ2v) is 9.26. The first-order valence-corrected chi connectivity index (χ1v) is 11.7. The molecule has 0 spiro atoms. The molecule has 9 nitrogen and oxygen atoms in total. The largest absolute Gasteiger partial charge is 0.490 e. The summed E-state index contributed by atoms with van der Waals surface area (Å²) in [7, 11) is -3.53. The van der Waals surface area contributed by atoms with Crippen molar-refractivity contribution in [3.8, 4) is 5.75 Å². The highest BCUT2D eigenvalue weighted by Crippen LogP contribution is 2.23. The van der Waals surface area contributed by atoms with Crippen LogP contribution >= 0.6 is 0 Å². The molecule has 2 aromatic rings. The maximum absolute atomic E-state index is 12.6. The third-order valence-electron chi connectivity index (χ3n) is 4.95. The van der Waals surface area contributed by atoms with Crippen LogP contribution in [0, 0.1) is 0 Å². The Morgan fingerprint density at radius 2 is 1.84 bits per heavy atom. The van der Waals surface area contributed by atoms with Gasteiger partial charge in [-0.2, -0.15) is 4.31 Å². The smallest absolute Gasteiger partial charge is 0.339 e. The first kappa shape index (κ1) is 21.5. The standard InChI is InChI=1S/C21H25N3O6S/c25-21(16-1-8-20(22-15-16)23-17-2-3-17)30-14-13-29-18-4-6-19(7-5-18)31(26,27)24-9-11-28-12-10-24/h1,4-8,15,17H,2-3,9-14H2,(H,22,23). The number of aromatic nitrogens is 1. The van der Waals surface area contributed by atoms with Gasteiger partial charge in [0.25, 0.3) is 0 Å². The number of nitrogens with zero attached hydrogens (tertiary/aromatic N) is 2. The number of anilines is 1. The third-order valence-corrected chi connectivity index (χ3v) is 6.86. The lowest BCUT2D eigenvalue weighted by molar-refractivity contribution is 0.0450. The molecule has 2 fully saturated rings. The van der Waals surface area contributed by atoms with Crippen molar-refractivity contribution in [1.29, 1.82) is 0 Å². The average Bonchev–Trinajstić information content (AvgIpc) is 3.62. The first-order chi connectivity index (χ1) is 15.0. The van der Waals surface area contributed by atoms with Crippen molar-refractivity contribution >= 4 is 21.8 Å². The van der Waals surface area contributed by atoms with Crippen molar-refractivity contribution < 1.29 is 27.4 Å². The number of carbonyl (C=O) groups is 1. The summed E-state index contributed by atoms with van der Waals surface area (Å²) in [6.07, 6.45) is 3.79. The van der Waals surface area contributed by atoms with Gasteiger partial charge in [-0.05, 0) is 49.2 Å². The van der Waals surface area contributed by atoms with Gasteiger partial charge in [-0.15, -0.1) is 0 Å². The Balaban J connectivity index is 1.22. The molecule has 2 aliphatic rings. The molecule has 4 rings (SSSR count). The molecule has 2 heterocycles. The summed E-state index contributed by atoms with van der Waals surface area (Å²) in [5, 5.41) is 3.26. The Morgan fingerprint density at radius 3 is 2.48 bits per heavy atom. The molecule has 1 aromatic carbocycles. The SMILES string of the molecule is O=C(OCCOc1ccc(S(=O)(=O)N2CCOCC2)cc1)c1ccc(NC2CC2)nc1. The van der Waals surface area contributed by atoms with E-state index in [1.807, 2.05) is 0 Å². The van der Waals surface area contributed by atoms with Gasteiger partial charge in [0, 0.05) is 25.3 Å². The van der Waals surface area contributed by atoms with Crippen molar-refractivity contribution in [3.63, 3.8) is 0 Å². The zero-order chi connectivity index (χ0) is 21.7. The van der Waals surface area contributed by atoms with E-state index in [1.54, 1.807) is 24.3 Å². The van der Waals surface area contributed by atoms with E-state index in [2.05, 4.69) is 10.3 Å². The van der Waals surface area contributed by atoms with Gasteiger partial charge in [0.2, 0.25) is 10.0 Å². The monoisotopic (exact) mass is 447 g/mol. The van der Waals surface area contributed by atoms with Crippen LogP contribution in [0.4, 0.5) is 5.82 Å². The highest BCUT2D eigenvalue weighted by Gasteiger charge is 2.26. The van der Waals surface area contributed by atoms with Crippen LogP contribution in [-0.4, -0.2) is 69.2 Å². The highest BCUT2D eigenvalue weighted by atomic mass is 32.2. The number of morpholine rings is 1. The molecule has 0 radical (unpaired) electrons. The number of pyridine rings is 1. The molecule has 0 amide bonds. The molecule has 1 aliphatic heterocycles. The number of ether oxygens (including phenoxy) is 3. The Morgan fingerprint density at radius 1 is 1.10 bits per heavy atom. The van der Waals surface area contributed by atoms with Gasteiger partial charge in [-0.3, -0.25) is 0 Å². The molecule has 1 N–H and O–H groups in total. The molecule has 0 bridgehead atoms. The molecule has 0 atom stereocenters. The molecule has 10 heteroatoms. The van der Waals surface area contributed by atoms with Crippen LogP contribution < -0.4 is 10.1 Å². The quantitative estimate of drug-likeness (QED) is 0.459. The molecule has 1 aromatic heterocycles. The molecule has 1 saturated heterocycles. The van der Waals surface area contributed by atoms with Crippen LogP contribution in [0.1, 0.15) is 23.2 Å². The van der Waals surface area contributed by atoms with Gasteiger partial charge < -0.3 is 19.5 Å². The van der Waals surface area contributed by atoms with Crippen molar-refractivity contribution in [1.82, 2.24) is 9.29 Å². The normalized spacial score (nSPS) is 17.2. The van der Waals surface area contributed by atoms with Crippen LogP contribution in [0.2, 0.25) is 0 Å². The molecule has 1 saturated carbocycles. The van der Waals surface area contributed by atoms with Gasteiger partial charge in [0.1, 0.15) is 24.8 Å². The molecule has 166 valence electrons. The van der Waals surface area contributed by atoms with Crippen molar-refractivity contribution in [2.45, 2.75) is 23.8 Å². The summed E-state index contributed by atoms with van der Waals surface area (Å²) >= 11 is 0. The minimum absolute atomic E-state index is 0.0642. The number of hydrogen-bond acceptors (Lipinski definition) is 8. The number of sulfonamides is 1. The van der Waals surface area contributed by atoms with Crippen LogP contribution in [-0.2, 0) is 19.5 Å². The van der Waals surface area contributed by atoms with Crippen LogP contribution in [0.5, 0.6) is 5.75 Å². The summed E-state index contributed by atoms with van der Waals surface area (Å²) in [5.41, 5.74) is 0.374. The van der Waals surface area contributed by atoms with E-state index < -0.39 is 16.0 Å². The fourth-order valence-corrected chi connectivity index (χ4v) is 4.47. The lowest BCUT2D eigenvalue weighted by Crippen LogP contribution is -2.40. The lowest BCUT2D eigenvalue weighted by Gasteiger charge is -2.26. The van der Waals surface area contributed by atoms with E-state index in [4.69, 9.17) is 14.2 Å². The summed E-state index contributed by atoms with van der Waals surface area (Å²) in [5.74, 6) is 0.775. The Bertz CT molecular complexity index is 985. The van der Waals surface area contributed by atoms with Crippen molar-refractivity contribution in [2.24, 2.45) is 0 Å². The minimum atomic E-state index is -3.53. The Kier molecular flexibility index (Phi) is 6.69. The first-order valence-electron chi connectivity index (χ1n) is 10.2. The second kappa shape index (κ2) is 9.63. The van der Waals surface area contributed by atoms with Crippen molar-refractivity contribution in [3.05, 3.63) is 48.2 Å². The van der Waals surface area contributed by atoms with E-state index in [1.165, 1.54) is 22.6 Å². The van der Waals surface area contributed by atoms with E-state index in [-0.39, 0.29) is 18.1 Å². The van der Waals surface area contributed by atoms with Gasteiger partial charge >= 0.3 is 5.97 Å². The molecular weight excluding hydrogens is 422 g/mol. The van der Waals surface area contributed by atoms with E-state index in [9.17, 15) is 13.2 Å². The lowest BCUT2D eigenvalue weighted by atomic mass is 10.3. The third kappa shape index (κ3) is 5.72. The topological polar surface area (TPSA) is 107 Å². The van der Waals surface area contributed by atoms with Crippen LogP contribution in [0.25, 0.3) is 0 Å². The Labute approximate surface area is 181 Å². The molecular formula is C21H25N3O6S. The second-order valence-electron chi connectivity index (χ2n) is 7.32. The molecule has 1 aliphatic carbocycles. The number of hydrogen-bond donors (Lipinski definition) is 1. The van der Waals surface area contributed by atoms with Crippen LogP contribution in [0.3, 0.4) is 0 Å². The van der Waals surface area contributed by atoms with Gasteiger partial charge in [0.05, 0.1) is 23.7 Å². The van der Waals surface area contributed by atoms with Crippen molar-refractivity contribution in [2.75, 3.05) is 44.8 Å². The maximum Gasteiger partial charge on any atom is 0.339 e. The summed E-state index contributed by atoms with van der Waals surface area (Å²) in [6, 6.07) is 10.1. The number of nitrogens with one attached hydrogen (secondary N) is 1. The maximum atomic E-state index is 12.6. The molecule has 31 heavy (non-hydrogen) atoms. The number of benzene rings is 1. The average molecular weight is 448 g/mol. The van der Waals surface area contributed by atoms with E-state index in [0.717, 1.165) is 18.7 Å². The Hall–Kier alpha value is -2.69. The highest BCUT2D eigenvalue weighted by molar-refractivity contribution is 7.89. The molecule has 0 unspecified atom stereocenters. The fraction of sp³-hybridized carbons (Fsp3) is 0.429. The van der Waals surface area contributed by atoms with Gasteiger partial charge in [-0.25, -0.2) is 18.2 Å². The zero-order valence-corrected chi connectivity index (χ0v) is 17.8. The van der Waals surface area contributed by atoms with E-state index >= 15 is 0 Å². The fourth-order valence-electron chi connectivity index (χ4n) is 3.06. The summed E-state index contributed by atoms with van der Waals surface area (Å²) in [6.45, 7) is 1.71. The predicted octanol–water partition coefficient (Wildman–Crippen LogP) is 1.91. The minimum Gasteiger partial charge on any atom is -0.490 e. The van der Waals surface area contributed by atoms with E-state index in [0.29, 0.717) is 43.7 Å². The van der Waals surface area contributed by atoms with Gasteiger partial charge in [-0.1, -0.05) is 0 Å². The summed E-state index contributed by atoms with van der Waals surface area (Å²) in [4.78, 5) is 16.5. The number of carbonyl (C=O) groups excluding carboxylic acids is 1. The summed E-state index contributed by atoms with van der Waals surface area (Å²) < 4.78 is 42.6. The number of rotatable bonds is 9. The van der Waals surface area contributed by atoms with Crippen LogP contribution in [0.15, 0.2) is 47.5 Å². The van der Waals surface area contributed by atoms with Gasteiger partial charge in [0.15, 0.2) is 0 Å². The zero-order valence-electron chi connectivity index (χ0n) is 17.0. The number of esters is 1. The predicted molar refractivity (Wildman–Crippen MR) is 113 cm³/mol.